The highest BCUT2D eigenvalue weighted by Gasteiger charge is 2.21. The summed E-state index contributed by atoms with van der Waals surface area (Å²) in [5.74, 6) is 0.352. The lowest BCUT2D eigenvalue weighted by Gasteiger charge is -2.26. The first-order chi connectivity index (χ1) is 6.84. The molecule has 14 heavy (non-hydrogen) atoms. The average molecular weight is 202 g/mol. The maximum Gasteiger partial charge on any atom is 0.0591 e. The van der Waals surface area contributed by atoms with Gasteiger partial charge in [0.05, 0.1) is 12.7 Å². The molecule has 1 fully saturated rings. The van der Waals surface area contributed by atoms with E-state index in [1.807, 2.05) is 6.92 Å². The minimum absolute atomic E-state index is 0.198. The lowest BCUT2D eigenvalue weighted by molar-refractivity contribution is -0.0150. The molecule has 0 radical (unpaired) electrons. The van der Waals surface area contributed by atoms with Gasteiger partial charge in [-0.25, -0.2) is 0 Å². The van der Waals surface area contributed by atoms with Gasteiger partial charge in [0.1, 0.15) is 0 Å². The van der Waals surface area contributed by atoms with Crippen LogP contribution in [0, 0.1) is 5.92 Å². The minimum atomic E-state index is -0.198. The van der Waals surface area contributed by atoms with Gasteiger partial charge in [-0.3, -0.25) is 0 Å². The molecule has 0 aliphatic carbocycles. The van der Waals surface area contributed by atoms with Crippen LogP contribution in [-0.4, -0.2) is 37.6 Å². The standard InChI is InChI=1S/C11H22O3/c1-2-13-7-4-6-11(12)10-5-3-8-14-9-10/h10-12H,2-9H2,1H3. The van der Waals surface area contributed by atoms with Crippen LogP contribution in [0.15, 0.2) is 0 Å². The van der Waals surface area contributed by atoms with Crippen molar-refractivity contribution < 1.29 is 14.6 Å². The van der Waals surface area contributed by atoms with Crippen LogP contribution in [-0.2, 0) is 9.47 Å². The molecule has 0 aromatic carbocycles. The van der Waals surface area contributed by atoms with Crippen LogP contribution in [0.3, 0.4) is 0 Å². The third kappa shape index (κ3) is 4.40. The van der Waals surface area contributed by atoms with E-state index in [-0.39, 0.29) is 6.10 Å². The summed E-state index contributed by atoms with van der Waals surface area (Å²) >= 11 is 0. The molecule has 3 nitrogen and oxygen atoms in total. The fourth-order valence-corrected chi connectivity index (χ4v) is 1.84. The first kappa shape index (κ1) is 12.0. The Labute approximate surface area is 86.4 Å². The molecule has 0 spiro atoms. The van der Waals surface area contributed by atoms with E-state index in [1.54, 1.807) is 0 Å². The van der Waals surface area contributed by atoms with Crippen molar-refractivity contribution in [2.45, 2.75) is 38.7 Å². The van der Waals surface area contributed by atoms with Crippen LogP contribution < -0.4 is 0 Å². The van der Waals surface area contributed by atoms with Gasteiger partial charge in [-0.05, 0) is 32.6 Å². The molecule has 3 heteroatoms. The third-order valence-electron chi connectivity index (χ3n) is 2.73. The molecule has 1 rings (SSSR count). The number of hydrogen-bond donors (Lipinski definition) is 1. The SMILES string of the molecule is CCOCCCC(O)C1CCCOC1. The molecule has 1 heterocycles. The summed E-state index contributed by atoms with van der Waals surface area (Å²) in [5, 5.41) is 9.84. The minimum Gasteiger partial charge on any atom is -0.393 e. The Morgan fingerprint density at radius 1 is 1.57 bits per heavy atom. The first-order valence-corrected chi connectivity index (χ1v) is 5.68. The van der Waals surface area contributed by atoms with Crippen molar-refractivity contribution in [3.63, 3.8) is 0 Å². The predicted octanol–water partition coefficient (Wildman–Crippen LogP) is 1.59. The van der Waals surface area contributed by atoms with Gasteiger partial charge in [0, 0.05) is 25.7 Å². The van der Waals surface area contributed by atoms with Crippen molar-refractivity contribution in [1.82, 2.24) is 0 Å². The van der Waals surface area contributed by atoms with E-state index in [0.717, 1.165) is 52.1 Å². The van der Waals surface area contributed by atoms with Gasteiger partial charge in [-0.1, -0.05) is 0 Å². The predicted molar refractivity (Wildman–Crippen MR) is 55.3 cm³/mol. The van der Waals surface area contributed by atoms with Gasteiger partial charge in [0.2, 0.25) is 0 Å². The summed E-state index contributed by atoms with van der Waals surface area (Å²) in [6.07, 6.45) is 3.79. The van der Waals surface area contributed by atoms with Gasteiger partial charge < -0.3 is 14.6 Å². The van der Waals surface area contributed by atoms with E-state index in [1.165, 1.54) is 0 Å². The highest BCUT2D eigenvalue weighted by molar-refractivity contribution is 4.71. The van der Waals surface area contributed by atoms with E-state index < -0.39 is 0 Å². The zero-order valence-corrected chi connectivity index (χ0v) is 9.08. The summed E-state index contributed by atoms with van der Waals surface area (Å²) in [6.45, 7) is 5.12. The first-order valence-electron chi connectivity index (χ1n) is 5.68. The van der Waals surface area contributed by atoms with Crippen molar-refractivity contribution >= 4 is 0 Å². The number of hydrogen-bond acceptors (Lipinski definition) is 3. The Hall–Kier alpha value is -0.120. The van der Waals surface area contributed by atoms with Gasteiger partial charge in [0.25, 0.3) is 0 Å². The smallest absolute Gasteiger partial charge is 0.0591 e. The highest BCUT2D eigenvalue weighted by atomic mass is 16.5. The lowest BCUT2D eigenvalue weighted by atomic mass is 9.93. The monoisotopic (exact) mass is 202 g/mol. The molecule has 0 saturated carbocycles. The van der Waals surface area contributed by atoms with Crippen LogP contribution in [0.5, 0.6) is 0 Å². The Kier molecular flexibility index (Phi) is 6.15. The highest BCUT2D eigenvalue weighted by Crippen LogP contribution is 2.20. The van der Waals surface area contributed by atoms with E-state index in [4.69, 9.17) is 9.47 Å². The Morgan fingerprint density at radius 2 is 2.43 bits per heavy atom. The lowest BCUT2D eigenvalue weighted by Crippen LogP contribution is -2.29. The topological polar surface area (TPSA) is 38.7 Å². The number of aliphatic hydroxyl groups excluding tert-OH is 1. The maximum absolute atomic E-state index is 9.84. The van der Waals surface area contributed by atoms with Crippen LogP contribution in [0.1, 0.15) is 32.6 Å². The van der Waals surface area contributed by atoms with E-state index in [9.17, 15) is 5.11 Å². The van der Waals surface area contributed by atoms with Crippen LogP contribution in [0.4, 0.5) is 0 Å². The van der Waals surface area contributed by atoms with Gasteiger partial charge >= 0.3 is 0 Å². The van der Waals surface area contributed by atoms with Crippen molar-refractivity contribution in [1.29, 1.82) is 0 Å². The zero-order valence-electron chi connectivity index (χ0n) is 9.08. The molecule has 1 aliphatic heterocycles. The van der Waals surface area contributed by atoms with Crippen molar-refractivity contribution in [3.05, 3.63) is 0 Å². The fourth-order valence-electron chi connectivity index (χ4n) is 1.84. The molecule has 84 valence electrons. The second-order valence-electron chi connectivity index (χ2n) is 3.88. The van der Waals surface area contributed by atoms with Crippen LogP contribution in [0.2, 0.25) is 0 Å². The molecule has 0 bridgehead atoms. The van der Waals surface area contributed by atoms with E-state index >= 15 is 0 Å². The maximum atomic E-state index is 9.84. The normalized spacial score (nSPS) is 24.9. The summed E-state index contributed by atoms with van der Waals surface area (Å²) in [4.78, 5) is 0. The molecule has 1 saturated heterocycles. The number of aliphatic hydroxyl groups is 1. The number of rotatable bonds is 6. The van der Waals surface area contributed by atoms with Crippen LogP contribution in [0.25, 0.3) is 0 Å². The van der Waals surface area contributed by atoms with Crippen LogP contribution >= 0.6 is 0 Å². The average Bonchev–Trinajstić information content (AvgIpc) is 2.25. The second kappa shape index (κ2) is 7.21. The second-order valence-corrected chi connectivity index (χ2v) is 3.88. The molecule has 0 aromatic heterocycles. The Bertz CT molecular complexity index is 132. The van der Waals surface area contributed by atoms with E-state index in [0.29, 0.717) is 5.92 Å². The molecular formula is C11H22O3. The third-order valence-corrected chi connectivity index (χ3v) is 2.73. The molecule has 1 aliphatic rings. The summed E-state index contributed by atoms with van der Waals surface area (Å²) in [6, 6.07) is 0. The van der Waals surface area contributed by atoms with Crippen molar-refractivity contribution in [2.75, 3.05) is 26.4 Å². The summed E-state index contributed by atoms with van der Waals surface area (Å²) < 4.78 is 10.6. The Morgan fingerprint density at radius 3 is 3.07 bits per heavy atom. The Balaban J connectivity index is 2.04. The molecule has 2 unspecified atom stereocenters. The van der Waals surface area contributed by atoms with Crippen molar-refractivity contribution in [3.8, 4) is 0 Å². The van der Waals surface area contributed by atoms with Gasteiger partial charge in [0.15, 0.2) is 0 Å². The van der Waals surface area contributed by atoms with Crippen molar-refractivity contribution in [2.24, 2.45) is 5.92 Å². The van der Waals surface area contributed by atoms with Gasteiger partial charge in [-0.15, -0.1) is 0 Å². The molecule has 0 amide bonds. The molecule has 0 aromatic rings. The summed E-state index contributed by atoms with van der Waals surface area (Å²) in [5.41, 5.74) is 0. The molecule has 2 atom stereocenters. The number of ether oxygens (including phenoxy) is 2. The molecular weight excluding hydrogens is 180 g/mol. The molecule has 1 N–H and O–H groups in total. The zero-order chi connectivity index (χ0) is 10.2. The quantitative estimate of drug-likeness (QED) is 0.665. The largest absolute Gasteiger partial charge is 0.393 e. The van der Waals surface area contributed by atoms with E-state index in [2.05, 4.69) is 0 Å². The summed E-state index contributed by atoms with van der Waals surface area (Å²) in [7, 11) is 0. The van der Waals surface area contributed by atoms with Gasteiger partial charge in [-0.2, -0.15) is 0 Å². The fraction of sp³-hybridized carbons (Fsp3) is 1.00.